The Labute approximate surface area is 116 Å². The Hall–Kier alpha value is -1.43. The van der Waals surface area contributed by atoms with Gasteiger partial charge in [-0.05, 0) is 38.1 Å². The molecule has 1 aromatic heterocycles. The first-order valence-electron chi connectivity index (χ1n) is 6.07. The highest BCUT2D eigenvalue weighted by atomic mass is 35.5. The number of halogens is 1. The summed E-state index contributed by atoms with van der Waals surface area (Å²) in [7, 11) is 0. The van der Waals surface area contributed by atoms with Crippen molar-refractivity contribution in [1.82, 2.24) is 10.1 Å². The maximum atomic E-state index is 5.83. The van der Waals surface area contributed by atoms with Gasteiger partial charge >= 0.3 is 0 Å². The number of rotatable bonds is 6. The number of benzene rings is 1. The van der Waals surface area contributed by atoms with E-state index in [9.17, 15) is 0 Å². The predicted octanol–water partition coefficient (Wildman–Crippen LogP) is 3.46. The molecule has 5 nitrogen and oxygen atoms in total. The number of ether oxygens (including phenoxy) is 2. The van der Waals surface area contributed by atoms with Crippen LogP contribution >= 0.6 is 11.6 Å². The summed E-state index contributed by atoms with van der Waals surface area (Å²) in [6.45, 7) is 4.76. The molecule has 0 amide bonds. The Morgan fingerprint density at radius 1 is 1.16 bits per heavy atom. The minimum atomic E-state index is -0.622. The average molecular weight is 283 g/mol. The van der Waals surface area contributed by atoms with Gasteiger partial charge in [0.15, 0.2) is 0 Å². The average Bonchev–Trinajstić information content (AvgIpc) is 2.89. The summed E-state index contributed by atoms with van der Waals surface area (Å²) in [5.41, 5.74) is 0.825. The Balaban J connectivity index is 2.19. The van der Waals surface area contributed by atoms with Crippen LogP contribution in [0.1, 0.15) is 26.0 Å². The van der Waals surface area contributed by atoms with Crippen molar-refractivity contribution in [2.75, 3.05) is 13.2 Å². The third-order valence-electron chi connectivity index (χ3n) is 2.38. The molecule has 0 bridgehead atoms. The summed E-state index contributed by atoms with van der Waals surface area (Å²) < 4.78 is 16.0. The van der Waals surface area contributed by atoms with Crippen molar-refractivity contribution in [3.8, 4) is 11.4 Å². The van der Waals surface area contributed by atoms with Gasteiger partial charge in [0.05, 0.1) is 0 Å². The molecule has 2 rings (SSSR count). The molecule has 19 heavy (non-hydrogen) atoms. The monoisotopic (exact) mass is 282 g/mol. The summed E-state index contributed by atoms with van der Waals surface area (Å²) in [5.74, 6) is 0.796. The maximum Gasteiger partial charge on any atom is 0.283 e. The number of nitrogens with zero attached hydrogens (tertiary/aromatic N) is 2. The van der Waals surface area contributed by atoms with Crippen molar-refractivity contribution in [2.24, 2.45) is 0 Å². The fourth-order valence-electron chi connectivity index (χ4n) is 1.54. The largest absolute Gasteiger partial charge is 0.345 e. The first-order chi connectivity index (χ1) is 9.24. The molecule has 0 aliphatic rings. The van der Waals surface area contributed by atoms with Crippen LogP contribution in [0.4, 0.5) is 0 Å². The molecule has 0 fully saturated rings. The normalized spacial score (nSPS) is 11.2. The van der Waals surface area contributed by atoms with E-state index in [1.807, 2.05) is 26.0 Å². The van der Waals surface area contributed by atoms with Gasteiger partial charge in [-0.3, -0.25) is 0 Å². The smallest absolute Gasteiger partial charge is 0.283 e. The summed E-state index contributed by atoms with van der Waals surface area (Å²) in [4.78, 5) is 4.28. The van der Waals surface area contributed by atoms with Gasteiger partial charge in [-0.15, -0.1) is 0 Å². The third-order valence-corrected chi connectivity index (χ3v) is 2.63. The topological polar surface area (TPSA) is 57.4 Å². The standard InChI is InChI=1S/C13H15ClN2O3/c1-3-17-13(18-4-2)12-15-11(16-19-12)9-5-7-10(14)8-6-9/h5-8,13H,3-4H2,1-2H3. The van der Waals surface area contributed by atoms with Gasteiger partial charge in [-0.1, -0.05) is 16.8 Å². The summed E-state index contributed by atoms with van der Waals surface area (Å²) in [5, 5.41) is 4.57. The molecule has 0 saturated carbocycles. The first kappa shape index (κ1) is 14.0. The van der Waals surface area contributed by atoms with Gasteiger partial charge in [-0.2, -0.15) is 4.98 Å². The van der Waals surface area contributed by atoms with Gasteiger partial charge in [0.2, 0.25) is 12.1 Å². The van der Waals surface area contributed by atoms with E-state index in [1.54, 1.807) is 12.1 Å². The Kier molecular flexibility index (Phi) is 4.90. The molecule has 6 heteroatoms. The SMILES string of the molecule is CCOC(OCC)c1nc(-c2ccc(Cl)cc2)no1. The molecular formula is C13H15ClN2O3. The van der Waals surface area contributed by atoms with Gasteiger partial charge in [-0.25, -0.2) is 0 Å². The van der Waals surface area contributed by atoms with Crippen molar-refractivity contribution in [3.05, 3.63) is 35.2 Å². The first-order valence-corrected chi connectivity index (χ1v) is 6.45. The quantitative estimate of drug-likeness (QED) is 0.759. The van der Waals surface area contributed by atoms with E-state index in [0.29, 0.717) is 30.0 Å². The van der Waals surface area contributed by atoms with Crippen LogP contribution in [-0.2, 0) is 9.47 Å². The molecule has 0 spiro atoms. The van der Waals surface area contributed by atoms with E-state index >= 15 is 0 Å². The summed E-state index contributed by atoms with van der Waals surface area (Å²) >= 11 is 5.83. The molecule has 2 aromatic rings. The van der Waals surface area contributed by atoms with E-state index < -0.39 is 6.29 Å². The second kappa shape index (κ2) is 6.65. The lowest BCUT2D eigenvalue weighted by atomic mass is 10.2. The molecule has 1 aromatic carbocycles. The molecule has 0 aliphatic heterocycles. The van der Waals surface area contributed by atoms with Crippen LogP contribution in [0.15, 0.2) is 28.8 Å². The molecule has 0 unspecified atom stereocenters. The highest BCUT2D eigenvalue weighted by Gasteiger charge is 2.20. The van der Waals surface area contributed by atoms with Crippen LogP contribution in [-0.4, -0.2) is 23.4 Å². The van der Waals surface area contributed by atoms with Crippen LogP contribution in [0.5, 0.6) is 0 Å². The van der Waals surface area contributed by atoms with Crippen molar-refractivity contribution in [2.45, 2.75) is 20.1 Å². The Morgan fingerprint density at radius 2 is 1.79 bits per heavy atom. The zero-order valence-corrected chi connectivity index (χ0v) is 11.6. The lowest BCUT2D eigenvalue weighted by molar-refractivity contribution is -0.155. The second-order valence-corrected chi connectivity index (χ2v) is 4.14. The van der Waals surface area contributed by atoms with Gasteiger partial charge in [0.25, 0.3) is 5.89 Å². The molecule has 0 N–H and O–H groups in total. The van der Waals surface area contributed by atoms with Gasteiger partial charge in [0, 0.05) is 23.8 Å². The van der Waals surface area contributed by atoms with Crippen molar-refractivity contribution >= 4 is 11.6 Å². The van der Waals surface area contributed by atoms with Crippen LogP contribution in [0.3, 0.4) is 0 Å². The lowest BCUT2D eigenvalue weighted by Crippen LogP contribution is -2.09. The molecule has 0 saturated heterocycles. The number of hydrogen-bond donors (Lipinski definition) is 0. The lowest BCUT2D eigenvalue weighted by Gasteiger charge is -2.11. The Bertz CT molecular complexity index is 507. The zero-order valence-electron chi connectivity index (χ0n) is 10.8. The van der Waals surface area contributed by atoms with Crippen LogP contribution < -0.4 is 0 Å². The fourth-order valence-corrected chi connectivity index (χ4v) is 1.67. The van der Waals surface area contributed by atoms with Crippen LogP contribution in [0.25, 0.3) is 11.4 Å². The van der Waals surface area contributed by atoms with E-state index in [-0.39, 0.29) is 0 Å². The van der Waals surface area contributed by atoms with E-state index in [4.69, 9.17) is 25.6 Å². The minimum absolute atomic E-state index is 0.314. The van der Waals surface area contributed by atoms with Crippen LogP contribution in [0.2, 0.25) is 5.02 Å². The van der Waals surface area contributed by atoms with E-state index in [0.717, 1.165) is 5.56 Å². The number of hydrogen-bond acceptors (Lipinski definition) is 5. The van der Waals surface area contributed by atoms with E-state index in [2.05, 4.69) is 10.1 Å². The highest BCUT2D eigenvalue weighted by molar-refractivity contribution is 6.30. The van der Waals surface area contributed by atoms with Crippen molar-refractivity contribution in [1.29, 1.82) is 0 Å². The zero-order chi connectivity index (χ0) is 13.7. The predicted molar refractivity (Wildman–Crippen MR) is 70.7 cm³/mol. The summed E-state index contributed by atoms with van der Waals surface area (Å²) in [6.07, 6.45) is -0.622. The highest BCUT2D eigenvalue weighted by Crippen LogP contribution is 2.22. The third kappa shape index (κ3) is 3.53. The molecular weight excluding hydrogens is 268 g/mol. The second-order valence-electron chi connectivity index (χ2n) is 3.71. The number of aromatic nitrogens is 2. The maximum absolute atomic E-state index is 5.83. The van der Waals surface area contributed by atoms with Gasteiger partial charge < -0.3 is 14.0 Å². The molecule has 0 radical (unpaired) electrons. The fraction of sp³-hybridized carbons (Fsp3) is 0.385. The summed E-state index contributed by atoms with van der Waals surface area (Å²) in [6, 6.07) is 7.20. The van der Waals surface area contributed by atoms with Gasteiger partial charge in [0.1, 0.15) is 0 Å². The molecule has 0 atom stereocenters. The van der Waals surface area contributed by atoms with Crippen molar-refractivity contribution in [3.63, 3.8) is 0 Å². The van der Waals surface area contributed by atoms with Crippen LogP contribution in [0, 0.1) is 0 Å². The molecule has 1 heterocycles. The molecule has 102 valence electrons. The molecule has 0 aliphatic carbocycles. The Morgan fingerprint density at radius 3 is 2.37 bits per heavy atom. The van der Waals surface area contributed by atoms with E-state index in [1.165, 1.54) is 0 Å². The minimum Gasteiger partial charge on any atom is -0.345 e. The van der Waals surface area contributed by atoms with Crippen molar-refractivity contribution < 1.29 is 14.0 Å².